The van der Waals surface area contributed by atoms with Gasteiger partial charge in [-0.25, -0.2) is 19.9 Å². The molecule has 0 aliphatic rings. The maximum atomic E-state index is 12.7. The number of nitrogens with zero attached hydrogens (tertiary/aromatic N) is 16. The van der Waals surface area contributed by atoms with Crippen LogP contribution in [-0.2, 0) is 0 Å². The Morgan fingerprint density at radius 2 is 0.478 bits per heavy atom. The number of aromatic nitrogens is 6. The summed E-state index contributed by atoms with van der Waals surface area (Å²) in [6.07, 6.45) is 0. The normalized spacial score (nSPS) is 10.9. The summed E-state index contributed by atoms with van der Waals surface area (Å²) in [5, 5.41) is 113. The van der Waals surface area contributed by atoms with E-state index in [-0.39, 0.29) is 33.4 Å². The summed E-state index contributed by atoms with van der Waals surface area (Å²) in [6.45, 7) is 0. The fourth-order valence-electron chi connectivity index (χ4n) is 18.6. The zero-order valence-electron chi connectivity index (χ0n) is 72.0. The summed E-state index contributed by atoms with van der Waals surface area (Å²) in [6, 6.07) is 142. The number of benzene rings is 17. The molecule has 21 rings (SSSR count). The van der Waals surface area contributed by atoms with Crippen molar-refractivity contribution >= 4 is 43.6 Å². The molecule has 0 atom stereocenters. The minimum Gasteiger partial charge on any atom is -0.308 e. The van der Waals surface area contributed by atoms with Gasteiger partial charge in [0.1, 0.15) is 6.07 Å². The fourth-order valence-corrected chi connectivity index (χ4v) is 18.6. The minimum atomic E-state index is 0.203. The first kappa shape index (κ1) is 82.4. The van der Waals surface area contributed by atoms with E-state index in [0.717, 1.165) is 49.6 Å². The van der Waals surface area contributed by atoms with Crippen LogP contribution in [0.15, 0.2) is 376 Å². The van der Waals surface area contributed by atoms with E-state index in [2.05, 4.69) is 82.0 Å². The first-order chi connectivity index (χ1) is 66.9. The largest absolute Gasteiger partial charge is 0.308 e. The minimum absolute atomic E-state index is 0.203. The van der Waals surface area contributed by atoms with Gasteiger partial charge in [0.2, 0.25) is 0 Å². The maximum absolute atomic E-state index is 12.7. The number of para-hydroxylation sites is 1. The highest BCUT2D eigenvalue weighted by atomic mass is 15.0. The monoisotopic (exact) mass is 1730 g/mol. The second kappa shape index (κ2) is 34.9. The molecule has 0 fully saturated rings. The van der Waals surface area contributed by atoms with Crippen molar-refractivity contribution in [3.05, 3.63) is 432 Å². The third kappa shape index (κ3) is 14.9. The van der Waals surface area contributed by atoms with E-state index in [4.69, 9.17) is 19.9 Å². The van der Waals surface area contributed by atoms with E-state index in [1.54, 1.807) is 66.7 Å². The van der Waals surface area contributed by atoms with Crippen molar-refractivity contribution in [2.45, 2.75) is 0 Å². The van der Waals surface area contributed by atoms with Crippen molar-refractivity contribution < 1.29 is 0 Å². The topological polar surface area (TPSA) is 299 Å². The zero-order chi connectivity index (χ0) is 92.6. The van der Waals surface area contributed by atoms with Gasteiger partial charge in [-0.1, -0.05) is 224 Å². The van der Waals surface area contributed by atoms with E-state index in [9.17, 15) is 52.6 Å². The van der Waals surface area contributed by atoms with Gasteiger partial charge >= 0.3 is 0 Å². The van der Waals surface area contributed by atoms with Crippen LogP contribution in [0.3, 0.4) is 0 Å². The Hall–Kier alpha value is -20.6. The molecule has 21 aromatic rings. The van der Waals surface area contributed by atoms with E-state index in [1.807, 2.05) is 297 Å². The van der Waals surface area contributed by atoms with Gasteiger partial charge in [0.25, 0.3) is 0 Å². The molecule has 0 unspecified atom stereocenters. The molecule has 622 valence electrons. The number of fused-ring (bicyclic) bond motifs is 6. The first-order valence-corrected chi connectivity index (χ1v) is 43.3. The number of rotatable bonds is 16. The molecule has 4 heterocycles. The summed E-state index contributed by atoms with van der Waals surface area (Å²) in [7, 11) is 0. The van der Waals surface area contributed by atoms with Gasteiger partial charge in [-0.05, 0) is 191 Å². The molecule has 0 bridgehead atoms. The fraction of sp³-hybridized carbons (Fsp3) is 0. The Morgan fingerprint density at radius 3 is 0.860 bits per heavy atom. The summed E-state index contributed by atoms with van der Waals surface area (Å²) in [5.74, 6) is 0.888. The van der Waals surface area contributed by atoms with Gasteiger partial charge in [-0.3, -0.25) is 0 Å². The standard InChI is InChI=1S/C120H62N16/c121-63-73-44-74(64-122)48-89(47-73)83-37-41-114-101(54-83)100-32-17-18-35-113(100)135(114)117-104(96-30-15-13-28-87(96)69-127)57-92(111-61-109(79-20-5-1-6-21-79)131-119(133-111)81-24-9-3-10-25-81)59-106(117)98-40-36-86(53-94(98)71-129)95-33-19-34-99(108(95)72-130)107-60-93(112-62-110(80-22-7-2-8-23-80)132-120(134-112)82-26-11-4-12-27-82)58-105(97-31-16-14-29-88(97)70-128)118(107)136-115-42-38-84(90-49-75(65-123)45-76(50-90)66-124)55-102(115)103-56-85(39-43-116(103)136)91-51-77(67-125)46-78(52-91)68-126/h1-62H. The quantitative estimate of drug-likeness (QED) is 0.0869. The highest BCUT2D eigenvalue weighted by molar-refractivity contribution is 6.15. The van der Waals surface area contributed by atoms with Crippen LogP contribution in [0.4, 0.5) is 0 Å². The van der Waals surface area contributed by atoms with E-state index >= 15 is 0 Å². The second-order valence-electron chi connectivity index (χ2n) is 32.7. The lowest BCUT2D eigenvalue weighted by molar-refractivity contribution is 1.17. The molecule has 136 heavy (non-hydrogen) atoms. The van der Waals surface area contributed by atoms with Crippen LogP contribution in [-0.4, -0.2) is 29.1 Å². The number of hydrogen-bond acceptors (Lipinski definition) is 14. The summed E-state index contributed by atoms with van der Waals surface area (Å²) in [5.41, 5.74) is 22.7. The van der Waals surface area contributed by atoms with Gasteiger partial charge in [0, 0.05) is 105 Å². The van der Waals surface area contributed by atoms with Crippen LogP contribution in [0.5, 0.6) is 0 Å². The average molecular weight is 1730 g/mol. The van der Waals surface area contributed by atoms with Crippen molar-refractivity contribution in [1.29, 1.82) is 52.6 Å². The molecule has 0 saturated heterocycles. The summed E-state index contributed by atoms with van der Waals surface area (Å²) >= 11 is 0. The Bertz CT molecular complexity index is 8770. The van der Waals surface area contributed by atoms with E-state index < -0.39 is 0 Å². The lowest BCUT2D eigenvalue weighted by Crippen LogP contribution is -2.05. The Morgan fingerprint density at radius 1 is 0.169 bits per heavy atom. The number of hydrogen-bond donors (Lipinski definition) is 0. The van der Waals surface area contributed by atoms with Crippen molar-refractivity contribution in [3.63, 3.8) is 0 Å². The highest BCUT2D eigenvalue weighted by Gasteiger charge is 2.31. The molecular formula is C120H62N16. The van der Waals surface area contributed by atoms with Gasteiger partial charge < -0.3 is 9.13 Å². The molecule has 16 nitrogen and oxygen atoms in total. The van der Waals surface area contributed by atoms with Crippen molar-refractivity contribution in [1.82, 2.24) is 29.1 Å². The van der Waals surface area contributed by atoms with Crippen molar-refractivity contribution in [2.75, 3.05) is 0 Å². The van der Waals surface area contributed by atoms with Gasteiger partial charge in [-0.15, -0.1) is 0 Å². The molecule has 0 N–H and O–H groups in total. The second-order valence-corrected chi connectivity index (χ2v) is 32.7. The van der Waals surface area contributed by atoms with Crippen LogP contribution in [0, 0.1) is 113 Å². The molecule has 0 aliphatic heterocycles. The third-order valence-corrected chi connectivity index (χ3v) is 24.8. The zero-order valence-corrected chi connectivity index (χ0v) is 72.0. The van der Waals surface area contributed by atoms with Crippen molar-refractivity contribution in [3.8, 4) is 229 Å². The van der Waals surface area contributed by atoms with Crippen molar-refractivity contribution in [2.24, 2.45) is 0 Å². The summed E-state index contributed by atoms with van der Waals surface area (Å²) in [4.78, 5) is 21.3. The van der Waals surface area contributed by atoms with Gasteiger partial charge in [0.15, 0.2) is 11.6 Å². The molecular weight excluding hydrogens is 1670 g/mol. The SMILES string of the molecule is N#Cc1cc(C#N)cc(-c2ccc3c(c2)c2ccccc2n3-c2c(-c3ccccc3C#N)cc(-c3cc(-c4ccccc4)nc(-c4ccccc4)n3)cc2-c2ccc(-c3cccc(-c4cc(-c5cc(-c6ccccc6)nc(-c6ccccc6)n5)cc(-c5ccccc5C#N)c4-n4c5ccc(-c6cc(C#N)cc(C#N)c6)cc5c5cc(-c6cc(C#N)cc(C#N)c6)ccc54)c3C#N)cc2C#N)c1. The average Bonchev–Trinajstić information content (AvgIpc) is 1.50. The Balaban J connectivity index is 0.853. The lowest BCUT2D eigenvalue weighted by atomic mass is 9.85. The predicted molar refractivity (Wildman–Crippen MR) is 530 cm³/mol. The van der Waals surface area contributed by atoms with Gasteiger partial charge in [0.05, 0.1) is 166 Å². The molecule has 0 amide bonds. The van der Waals surface area contributed by atoms with Crippen LogP contribution in [0.1, 0.15) is 55.6 Å². The smallest absolute Gasteiger partial charge is 0.160 e. The Kier molecular flexibility index (Phi) is 21.1. The Labute approximate surface area is 780 Å². The van der Waals surface area contributed by atoms with Crippen LogP contribution >= 0.6 is 0 Å². The molecule has 0 radical (unpaired) electrons. The van der Waals surface area contributed by atoms with Crippen LogP contribution < -0.4 is 0 Å². The maximum Gasteiger partial charge on any atom is 0.160 e. The molecule has 17 aromatic carbocycles. The van der Waals surface area contributed by atoms with Crippen LogP contribution in [0.25, 0.3) is 212 Å². The lowest BCUT2D eigenvalue weighted by Gasteiger charge is -2.23. The van der Waals surface area contributed by atoms with Crippen LogP contribution in [0.2, 0.25) is 0 Å². The third-order valence-electron chi connectivity index (χ3n) is 24.8. The number of nitriles is 10. The first-order valence-electron chi connectivity index (χ1n) is 43.3. The van der Waals surface area contributed by atoms with E-state index in [1.165, 1.54) is 0 Å². The van der Waals surface area contributed by atoms with E-state index in [0.29, 0.717) is 184 Å². The predicted octanol–water partition coefficient (Wildman–Crippen LogP) is 27.5. The molecule has 16 heteroatoms. The molecule has 0 aliphatic carbocycles. The molecule has 0 spiro atoms. The summed E-state index contributed by atoms with van der Waals surface area (Å²) < 4.78 is 4.31. The molecule has 0 saturated carbocycles. The van der Waals surface area contributed by atoms with Gasteiger partial charge in [-0.2, -0.15) is 52.6 Å². The highest BCUT2D eigenvalue weighted by Crippen LogP contribution is 2.51. The molecule has 4 aromatic heterocycles.